The normalized spacial score (nSPS) is 12.0. The quantitative estimate of drug-likeness (QED) is 0.0261. The monoisotopic (exact) mass is 1100 g/mol. The van der Waals surface area contributed by atoms with E-state index in [1.54, 1.807) is 0 Å². The molecule has 78 heavy (non-hydrogen) atoms. The van der Waals surface area contributed by atoms with Crippen LogP contribution in [0.2, 0.25) is 0 Å². The molecule has 0 aromatic rings. The lowest BCUT2D eigenvalue weighted by Gasteiger charge is -2.18. The molecule has 0 aliphatic heterocycles. The van der Waals surface area contributed by atoms with Gasteiger partial charge in [-0.1, -0.05) is 360 Å². The summed E-state index contributed by atoms with van der Waals surface area (Å²) in [6, 6.07) is 0. The van der Waals surface area contributed by atoms with Crippen molar-refractivity contribution in [1.29, 1.82) is 0 Å². The van der Waals surface area contributed by atoms with Crippen molar-refractivity contribution in [2.45, 2.75) is 419 Å². The van der Waals surface area contributed by atoms with E-state index in [1.807, 2.05) is 0 Å². The van der Waals surface area contributed by atoms with Crippen LogP contribution >= 0.6 is 0 Å². The predicted molar refractivity (Wildman–Crippen MR) is 340 cm³/mol. The Bertz CT molecular complexity index is 1210. The van der Waals surface area contributed by atoms with Crippen LogP contribution in [0.1, 0.15) is 412 Å². The minimum atomic E-state index is -0.765. The van der Waals surface area contributed by atoms with Crippen molar-refractivity contribution in [3.63, 3.8) is 0 Å². The summed E-state index contributed by atoms with van der Waals surface area (Å²) in [5, 5.41) is 0. The van der Waals surface area contributed by atoms with E-state index in [0.29, 0.717) is 19.3 Å². The Hall–Kier alpha value is -1.85. The molecule has 0 aliphatic rings. The number of esters is 3. The molecule has 6 heteroatoms. The maximum absolute atomic E-state index is 12.9. The van der Waals surface area contributed by atoms with Crippen molar-refractivity contribution in [2.24, 2.45) is 0 Å². The molecule has 0 saturated heterocycles. The van der Waals surface area contributed by atoms with Crippen molar-refractivity contribution in [3.8, 4) is 0 Å². The summed E-state index contributed by atoms with van der Waals surface area (Å²) < 4.78 is 17.0. The maximum Gasteiger partial charge on any atom is 0.306 e. The van der Waals surface area contributed by atoms with Crippen LogP contribution in [-0.4, -0.2) is 37.2 Å². The van der Waals surface area contributed by atoms with Gasteiger partial charge in [-0.15, -0.1) is 0 Å². The molecule has 0 aromatic carbocycles. The van der Waals surface area contributed by atoms with E-state index in [0.717, 1.165) is 57.8 Å². The summed E-state index contributed by atoms with van der Waals surface area (Å²) in [5.41, 5.74) is 0. The topological polar surface area (TPSA) is 78.9 Å². The van der Waals surface area contributed by atoms with Crippen LogP contribution in [0.3, 0.4) is 0 Å². The lowest BCUT2D eigenvalue weighted by Crippen LogP contribution is -2.30. The Labute approximate surface area is 488 Å². The third-order valence-electron chi connectivity index (χ3n) is 16.5. The average molecular weight is 1100 g/mol. The molecule has 0 aromatic heterocycles. The van der Waals surface area contributed by atoms with Crippen molar-refractivity contribution in [3.05, 3.63) is 12.2 Å². The van der Waals surface area contributed by atoms with Crippen LogP contribution in [0.15, 0.2) is 12.2 Å². The second kappa shape index (κ2) is 67.7. The third kappa shape index (κ3) is 65.0. The second-order valence-electron chi connectivity index (χ2n) is 24.5. The van der Waals surface area contributed by atoms with E-state index in [1.165, 1.54) is 315 Å². The Morgan fingerprint density at radius 1 is 0.244 bits per heavy atom. The summed E-state index contributed by atoms with van der Waals surface area (Å²) in [6.07, 6.45) is 81.1. The van der Waals surface area contributed by atoms with Gasteiger partial charge in [0.1, 0.15) is 13.2 Å². The molecular formula is C72H138O6. The molecule has 1 unspecified atom stereocenters. The summed E-state index contributed by atoms with van der Waals surface area (Å²) in [7, 11) is 0. The van der Waals surface area contributed by atoms with E-state index >= 15 is 0 Å². The fraction of sp³-hybridized carbons (Fsp3) is 0.931. The molecule has 0 rings (SSSR count). The number of carbonyl (C=O) groups excluding carboxylic acids is 3. The summed E-state index contributed by atoms with van der Waals surface area (Å²) in [5.74, 6) is -0.828. The molecule has 462 valence electrons. The largest absolute Gasteiger partial charge is 0.462 e. The van der Waals surface area contributed by atoms with Crippen LogP contribution in [0.4, 0.5) is 0 Å². The molecule has 0 heterocycles. The summed E-state index contributed by atoms with van der Waals surface area (Å²) in [6.45, 7) is 6.72. The van der Waals surface area contributed by atoms with Crippen LogP contribution < -0.4 is 0 Å². The first-order valence-corrected chi connectivity index (χ1v) is 35.7. The van der Waals surface area contributed by atoms with E-state index in [2.05, 4.69) is 32.9 Å². The third-order valence-corrected chi connectivity index (χ3v) is 16.5. The Morgan fingerprint density at radius 2 is 0.423 bits per heavy atom. The molecule has 0 aliphatic carbocycles. The molecule has 6 nitrogen and oxygen atoms in total. The number of hydrogen-bond donors (Lipinski definition) is 0. The van der Waals surface area contributed by atoms with Crippen LogP contribution in [-0.2, 0) is 28.6 Å². The van der Waals surface area contributed by atoms with Gasteiger partial charge in [0.2, 0.25) is 0 Å². The molecule has 0 fully saturated rings. The second-order valence-corrected chi connectivity index (χ2v) is 24.5. The number of hydrogen-bond acceptors (Lipinski definition) is 6. The molecule has 0 spiro atoms. The Kier molecular flexibility index (Phi) is 66.0. The van der Waals surface area contributed by atoms with Gasteiger partial charge >= 0.3 is 17.9 Å². The average Bonchev–Trinajstić information content (AvgIpc) is 3.44. The summed E-state index contributed by atoms with van der Waals surface area (Å²) >= 11 is 0. The van der Waals surface area contributed by atoms with Gasteiger partial charge in [-0.2, -0.15) is 0 Å². The van der Waals surface area contributed by atoms with Gasteiger partial charge in [0.25, 0.3) is 0 Å². The Balaban J connectivity index is 4.14. The van der Waals surface area contributed by atoms with E-state index in [9.17, 15) is 14.4 Å². The van der Waals surface area contributed by atoms with Crippen LogP contribution in [0.5, 0.6) is 0 Å². The first-order valence-electron chi connectivity index (χ1n) is 35.7. The molecule has 0 bridgehead atoms. The molecule has 1 atom stereocenters. The first kappa shape index (κ1) is 76.1. The van der Waals surface area contributed by atoms with Gasteiger partial charge in [0, 0.05) is 19.3 Å². The molecule has 0 N–H and O–H groups in total. The van der Waals surface area contributed by atoms with Crippen molar-refractivity contribution < 1.29 is 28.6 Å². The lowest BCUT2D eigenvalue weighted by molar-refractivity contribution is -0.167. The van der Waals surface area contributed by atoms with Gasteiger partial charge < -0.3 is 14.2 Å². The molecule has 0 radical (unpaired) electrons. The zero-order chi connectivity index (χ0) is 56.4. The smallest absolute Gasteiger partial charge is 0.306 e. The fourth-order valence-electron chi connectivity index (χ4n) is 11.2. The number of allylic oxidation sites excluding steroid dienone is 2. The molecule has 0 amide bonds. The highest BCUT2D eigenvalue weighted by molar-refractivity contribution is 5.71. The SMILES string of the molecule is CCCCCCCCCC/C=C\CCCCCCCCCCCCCCCCCC(=O)OCC(COC(=O)CCCCCCCCCCCCC)OC(=O)CCCCCCCCCCCCCCCCCCCCCCCC. The van der Waals surface area contributed by atoms with Gasteiger partial charge in [0.15, 0.2) is 6.10 Å². The van der Waals surface area contributed by atoms with Crippen LogP contribution in [0.25, 0.3) is 0 Å². The fourth-order valence-corrected chi connectivity index (χ4v) is 11.2. The molecular weight excluding hydrogens is 961 g/mol. The highest BCUT2D eigenvalue weighted by Crippen LogP contribution is 2.19. The van der Waals surface area contributed by atoms with Crippen LogP contribution in [0, 0.1) is 0 Å². The maximum atomic E-state index is 12.9. The standard InChI is InChI=1S/C72H138O6/c1-4-7-10-13-16-19-22-24-26-28-30-32-34-35-36-37-38-40-41-43-45-47-50-53-56-59-62-65-71(74)77-68-69(67-76-70(73)64-61-58-55-52-49-21-18-15-12-9-6-3)78-72(75)66-63-60-57-54-51-48-46-44-42-39-33-31-29-27-25-23-20-17-14-11-8-5-2/h28,30,69H,4-27,29,31-68H2,1-3H3/b30-28-. The summed E-state index contributed by atoms with van der Waals surface area (Å²) in [4.78, 5) is 38.4. The molecule has 0 saturated carbocycles. The number of rotatable bonds is 67. The van der Waals surface area contributed by atoms with Gasteiger partial charge in [0.05, 0.1) is 0 Å². The zero-order valence-electron chi connectivity index (χ0n) is 53.2. The van der Waals surface area contributed by atoms with E-state index in [-0.39, 0.29) is 31.1 Å². The van der Waals surface area contributed by atoms with E-state index in [4.69, 9.17) is 14.2 Å². The lowest BCUT2D eigenvalue weighted by atomic mass is 10.0. The van der Waals surface area contributed by atoms with Crippen molar-refractivity contribution in [1.82, 2.24) is 0 Å². The highest BCUT2D eigenvalue weighted by Gasteiger charge is 2.19. The highest BCUT2D eigenvalue weighted by atomic mass is 16.6. The minimum absolute atomic E-state index is 0.0625. The number of carbonyl (C=O) groups is 3. The van der Waals surface area contributed by atoms with Gasteiger partial charge in [-0.25, -0.2) is 0 Å². The minimum Gasteiger partial charge on any atom is -0.462 e. The van der Waals surface area contributed by atoms with E-state index < -0.39 is 6.10 Å². The number of ether oxygens (including phenoxy) is 3. The predicted octanol–water partition coefficient (Wildman–Crippen LogP) is 24.4. The van der Waals surface area contributed by atoms with Gasteiger partial charge in [-0.05, 0) is 44.9 Å². The van der Waals surface area contributed by atoms with Crippen molar-refractivity contribution >= 4 is 17.9 Å². The van der Waals surface area contributed by atoms with Crippen molar-refractivity contribution in [2.75, 3.05) is 13.2 Å². The number of unbranched alkanes of at least 4 members (excludes halogenated alkanes) is 54. The Morgan fingerprint density at radius 3 is 0.641 bits per heavy atom. The van der Waals surface area contributed by atoms with Gasteiger partial charge in [-0.3, -0.25) is 14.4 Å². The first-order chi connectivity index (χ1) is 38.5. The zero-order valence-corrected chi connectivity index (χ0v) is 53.2.